The average molecular weight is 222 g/mol. The molecule has 90 valence electrons. The first-order valence-electron chi connectivity index (χ1n) is 6.26. The number of hydrogen-bond acceptors (Lipinski definition) is 2. The molecule has 0 aromatic rings. The summed E-state index contributed by atoms with van der Waals surface area (Å²) in [5.74, 6) is -0.0793. The summed E-state index contributed by atoms with van der Waals surface area (Å²) in [5, 5.41) is 12.3. The Kier molecular flexibility index (Phi) is 3.96. The van der Waals surface area contributed by atoms with E-state index in [1.54, 1.807) is 0 Å². The molecule has 16 heavy (non-hydrogen) atoms. The zero-order chi connectivity index (χ0) is 12.2. The van der Waals surface area contributed by atoms with Crippen molar-refractivity contribution in [3.05, 3.63) is 0 Å². The molecular weight excluding hydrogens is 200 g/mol. The molecule has 1 aliphatic rings. The summed E-state index contributed by atoms with van der Waals surface area (Å²) in [5.41, 5.74) is -0.908. The molecule has 0 radical (unpaired) electrons. The topological polar surface area (TPSA) is 52.9 Å². The molecule has 1 rings (SSSR count). The van der Waals surface area contributed by atoms with Gasteiger partial charge in [0.15, 0.2) is 0 Å². The van der Waals surface area contributed by atoms with E-state index >= 15 is 0 Å². The van der Waals surface area contributed by atoms with Crippen LogP contribution >= 0.6 is 0 Å². The fourth-order valence-corrected chi connectivity index (χ4v) is 2.45. The quantitative estimate of drug-likeness (QED) is 0.795. The van der Waals surface area contributed by atoms with Gasteiger partial charge in [0, 0.05) is 5.54 Å². The van der Waals surface area contributed by atoms with Crippen LogP contribution in [-0.2, 0) is 4.79 Å². The van der Waals surface area contributed by atoms with Gasteiger partial charge in [-0.15, -0.1) is 0 Å². The van der Waals surface area contributed by atoms with E-state index in [-0.39, 0.29) is 11.4 Å². The highest BCUT2D eigenvalue weighted by molar-refractivity contribution is 5.85. The van der Waals surface area contributed by atoms with Crippen molar-refractivity contribution in [2.45, 2.75) is 64.8 Å². The summed E-state index contributed by atoms with van der Waals surface area (Å²) in [6.45, 7) is 5.90. The summed E-state index contributed by atoms with van der Waals surface area (Å²) in [4.78, 5) is 12.2. The standard InChI is InChI=1S/C13H22N2O/c1-4-13(5-2,10-14)11(16)15-12(3)8-6-7-9-12/h4-9H2,1-3H3,(H,15,16). The molecule has 1 saturated carbocycles. The molecule has 0 heterocycles. The third-order valence-electron chi connectivity index (χ3n) is 3.98. The van der Waals surface area contributed by atoms with E-state index in [4.69, 9.17) is 0 Å². The number of hydrogen-bond donors (Lipinski definition) is 1. The van der Waals surface area contributed by atoms with Crippen LogP contribution in [0.3, 0.4) is 0 Å². The van der Waals surface area contributed by atoms with Gasteiger partial charge in [0.05, 0.1) is 6.07 Å². The normalized spacial score (nSPS) is 19.1. The fraction of sp³-hybridized carbons (Fsp3) is 0.846. The van der Waals surface area contributed by atoms with Gasteiger partial charge in [0.2, 0.25) is 5.91 Å². The number of nitrogens with zero attached hydrogens (tertiary/aromatic N) is 1. The summed E-state index contributed by atoms with van der Waals surface area (Å²) in [7, 11) is 0. The largest absolute Gasteiger partial charge is 0.350 e. The second-order valence-corrected chi connectivity index (χ2v) is 5.12. The van der Waals surface area contributed by atoms with Gasteiger partial charge in [0.1, 0.15) is 5.41 Å². The first kappa shape index (κ1) is 13.0. The smallest absolute Gasteiger partial charge is 0.240 e. The summed E-state index contributed by atoms with van der Waals surface area (Å²) >= 11 is 0. The Labute approximate surface area is 98.2 Å². The van der Waals surface area contributed by atoms with Gasteiger partial charge in [-0.05, 0) is 32.6 Å². The lowest BCUT2D eigenvalue weighted by Crippen LogP contribution is -2.50. The molecule has 1 aliphatic carbocycles. The third kappa shape index (κ3) is 2.37. The van der Waals surface area contributed by atoms with E-state index in [1.165, 1.54) is 12.8 Å². The monoisotopic (exact) mass is 222 g/mol. The van der Waals surface area contributed by atoms with E-state index in [2.05, 4.69) is 18.3 Å². The van der Waals surface area contributed by atoms with Crippen LogP contribution in [0.5, 0.6) is 0 Å². The van der Waals surface area contributed by atoms with Crippen LogP contribution in [0.15, 0.2) is 0 Å². The zero-order valence-electron chi connectivity index (χ0n) is 10.6. The summed E-state index contributed by atoms with van der Waals surface area (Å²) in [6.07, 6.45) is 5.59. The molecule has 1 N–H and O–H groups in total. The number of nitriles is 1. The minimum atomic E-state index is -0.828. The van der Waals surface area contributed by atoms with Gasteiger partial charge in [-0.3, -0.25) is 4.79 Å². The van der Waals surface area contributed by atoms with Crippen molar-refractivity contribution in [3.8, 4) is 6.07 Å². The van der Waals surface area contributed by atoms with Crippen molar-refractivity contribution < 1.29 is 4.79 Å². The predicted octanol–water partition coefficient (Wildman–Crippen LogP) is 2.77. The van der Waals surface area contributed by atoms with Crippen LogP contribution in [0.1, 0.15) is 59.3 Å². The number of carbonyl (C=O) groups is 1. The molecule has 0 spiro atoms. The van der Waals surface area contributed by atoms with Gasteiger partial charge >= 0.3 is 0 Å². The second kappa shape index (κ2) is 4.86. The lowest BCUT2D eigenvalue weighted by molar-refractivity contribution is -0.130. The van der Waals surface area contributed by atoms with Crippen LogP contribution in [0.4, 0.5) is 0 Å². The Hall–Kier alpha value is -1.04. The van der Waals surface area contributed by atoms with Crippen molar-refractivity contribution in [2.75, 3.05) is 0 Å². The number of amides is 1. The highest BCUT2D eigenvalue weighted by Crippen LogP contribution is 2.32. The highest BCUT2D eigenvalue weighted by Gasteiger charge is 2.39. The Morgan fingerprint density at radius 1 is 1.38 bits per heavy atom. The maximum absolute atomic E-state index is 12.2. The molecule has 0 aromatic heterocycles. The van der Waals surface area contributed by atoms with Crippen molar-refractivity contribution >= 4 is 5.91 Å². The Morgan fingerprint density at radius 3 is 2.25 bits per heavy atom. The molecule has 0 aromatic carbocycles. The maximum atomic E-state index is 12.2. The predicted molar refractivity (Wildman–Crippen MR) is 63.6 cm³/mol. The van der Waals surface area contributed by atoms with Gasteiger partial charge in [0.25, 0.3) is 0 Å². The van der Waals surface area contributed by atoms with E-state index < -0.39 is 5.41 Å². The first-order chi connectivity index (χ1) is 7.52. The molecule has 0 aliphatic heterocycles. The van der Waals surface area contributed by atoms with Crippen molar-refractivity contribution in [3.63, 3.8) is 0 Å². The second-order valence-electron chi connectivity index (χ2n) is 5.12. The number of nitrogens with one attached hydrogen (secondary N) is 1. The van der Waals surface area contributed by atoms with Gasteiger partial charge in [-0.2, -0.15) is 5.26 Å². The Balaban J connectivity index is 2.74. The van der Waals surface area contributed by atoms with Crippen LogP contribution in [-0.4, -0.2) is 11.4 Å². The molecular formula is C13H22N2O. The lowest BCUT2D eigenvalue weighted by atomic mass is 9.82. The van der Waals surface area contributed by atoms with Crippen LogP contribution < -0.4 is 5.32 Å². The maximum Gasteiger partial charge on any atom is 0.240 e. The van der Waals surface area contributed by atoms with E-state index in [1.807, 2.05) is 13.8 Å². The van der Waals surface area contributed by atoms with Crippen LogP contribution in [0.25, 0.3) is 0 Å². The molecule has 3 heteroatoms. The Morgan fingerprint density at radius 2 is 1.88 bits per heavy atom. The first-order valence-corrected chi connectivity index (χ1v) is 6.26. The number of rotatable bonds is 4. The molecule has 3 nitrogen and oxygen atoms in total. The minimum Gasteiger partial charge on any atom is -0.350 e. The van der Waals surface area contributed by atoms with E-state index in [9.17, 15) is 10.1 Å². The molecule has 0 unspecified atom stereocenters. The fourth-order valence-electron chi connectivity index (χ4n) is 2.45. The molecule has 0 atom stereocenters. The minimum absolute atomic E-state index is 0.0793. The molecule has 1 amide bonds. The van der Waals surface area contributed by atoms with Gasteiger partial charge in [-0.1, -0.05) is 26.7 Å². The van der Waals surface area contributed by atoms with Gasteiger partial charge in [-0.25, -0.2) is 0 Å². The van der Waals surface area contributed by atoms with Crippen molar-refractivity contribution in [1.82, 2.24) is 5.32 Å². The van der Waals surface area contributed by atoms with Gasteiger partial charge < -0.3 is 5.32 Å². The summed E-state index contributed by atoms with van der Waals surface area (Å²) in [6, 6.07) is 2.19. The molecule has 0 saturated heterocycles. The SMILES string of the molecule is CCC(C#N)(CC)C(=O)NC1(C)CCCC1. The summed E-state index contributed by atoms with van der Waals surface area (Å²) < 4.78 is 0. The van der Waals surface area contributed by atoms with Crippen molar-refractivity contribution in [2.24, 2.45) is 5.41 Å². The van der Waals surface area contributed by atoms with E-state index in [0.29, 0.717) is 12.8 Å². The van der Waals surface area contributed by atoms with Crippen LogP contribution in [0.2, 0.25) is 0 Å². The Bertz CT molecular complexity index is 294. The average Bonchev–Trinajstić information content (AvgIpc) is 2.68. The number of carbonyl (C=O) groups excluding carboxylic acids is 1. The highest BCUT2D eigenvalue weighted by atomic mass is 16.2. The van der Waals surface area contributed by atoms with Crippen molar-refractivity contribution in [1.29, 1.82) is 5.26 Å². The lowest BCUT2D eigenvalue weighted by Gasteiger charge is -2.31. The van der Waals surface area contributed by atoms with Crippen LogP contribution in [0, 0.1) is 16.7 Å². The van der Waals surface area contributed by atoms with E-state index in [0.717, 1.165) is 12.8 Å². The third-order valence-corrected chi connectivity index (χ3v) is 3.98. The molecule has 1 fully saturated rings. The molecule has 0 bridgehead atoms. The zero-order valence-corrected chi connectivity index (χ0v) is 10.6.